The Morgan fingerprint density at radius 2 is 1.80 bits per heavy atom. The Balaban J connectivity index is 1.92. The third kappa shape index (κ3) is 3.82. The molecule has 3 nitrogen and oxygen atoms in total. The number of Topliss-reactive ketones (excluding diaryl/α,β-unsaturated/α-hetero) is 1. The van der Waals surface area contributed by atoms with Gasteiger partial charge in [0.2, 0.25) is 5.78 Å². The first-order chi connectivity index (χ1) is 12.0. The predicted molar refractivity (Wildman–Crippen MR) is 104 cm³/mol. The van der Waals surface area contributed by atoms with Crippen LogP contribution in [0, 0.1) is 11.3 Å². The molecule has 0 N–H and O–H groups in total. The van der Waals surface area contributed by atoms with E-state index in [1.807, 2.05) is 37.3 Å². The molecule has 1 aliphatic heterocycles. The SMILES string of the molecule is CC1=C(c2ccc(Br)cc2)O/C(=C(\C#N)C(=O)c2ccc(Cl)cc2)S1. The van der Waals surface area contributed by atoms with E-state index in [-0.39, 0.29) is 11.4 Å². The van der Waals surface area contributed by atoms with E-state index in [0.29, 0.717) is 21.4 Å². The summed E-state index contributed by atoms with van der Waals surface area (Å²) in [5.41, 5.74) is 1.27. The lowest BCUT2D eigenvalue weighted by molar-refractivity contribution is 0.103. The maximum Gasteiger partial charge on any atom is 0.207 e. The van der Waals surface area contributed by atoms with E-state index in [0.717, 1.165) is 14.9 Å². The van der Waals surface area contributed by atoms with Gasteiger partial charge in [0.25, 0.3) is 0 Å². The Kier molecular flexibility index (Phi) is 5.33. The summed E-state index contributed by atoms with van der Waals surface area (Å²) in [6.45, 7) is 1.90. The van der Waals surface area contributed by atoms with E-state index in [4.69, 9.17) is 16.3 Å². The number of benzene rings is 2. The zero-order chi connectivity index (χ0) is 18.0. The van der Waals surface area contributed by atoms with Gasteiger partial charge in [0.05, 0.1) is 0 Å². The number of thioether (sulfide) groups is 1. The van der Waals surface area contributed by atoms with Crippen molar-refractivity contribution in [3.63, 3.8) is 0 Å². The summed E-state index contributed by atoms with van der Waals surface area (Å²) in [5.74, 6) is 0.274. The highest BCUT2D eigenvalue weighted by molar-refractivity contribution is 9.10. The standard InChI is InChI=1S/C19H11BrClNO2S/c1-11-18(13-2-6-14(20)7-3-13)24-19(25-11)16(10-22)17(23)12-4-8-15(21)9-5-12/h2-9H,1H3/b19-16-. The van der Waals surface area contributed by atoms with Gasteiger partial charge in [-0.25, -0.2) is 0 Å². The van der Waals surface area contributed by atoms with E-state index >= 15 is 0 Å². The minimum atomic E-state index is -0.383. The number of hydrogen-bond donors (Lipinski definition) is 0. The fraction of sp³-hybridized carbons (Fsp3) is 0.0526. The quantitative estimate of drug-likeness (QED) is 0.330. The third-order valence-electron chi connectivity index (χ3n) is 3.52. The topological polar surface area (TPSA) is 50.1 Å². The summed E-state index contributed by atoms with van der Waals surface area (Å²) < 4.78 is 6.82. The Bertz CT molecular complexity index is 941. The number of ketones is 1. The van der Waals surface area contributed by atoms with Crippen LogP contribution in [0.1, 0.15) is 22.8 Å². The molecule has 0 aliphatic carbocycles. The molecule has 0 saturated heterocycles. The largest absolute Gasteiger partial charge is 0.447 e. The lowest BCUT2D eigenvalue weighted by atomic mass is 10.1. The van der Waals surface area contributed by atoms with Gasteiger partial charge in [0.1, 0.15) is 17.4 Å². The normalized spacial score (nSPS) is 15.6. The highest BCUT2D eigenvalue weighted by Crippen LogP contribution is 2.44. The molecule has 2 aromatic rings. The van der Waals surface area contributed by atoms with Crippen molar-refractivity contribution in [3.8, 4) is 6.07 Å². The zero-order valence-corrected chi connectivity index (χ0v) is 16.2. The van der Waals surface area contributed by atoms with Crippen LogP contribution in [0.2, 0.25) is 5.02 Å². The highest BCUT2D eigenvalue weighted by Gasteiger charge is 2.27. The molecular formula is C19H11BrClNO2S. The Hall–Kier alpha value is -2.00. The summed E-state index contributed by atoms with van der Waals surface area (Å²) in [6, 6.07) is 16.1. The molecule has 25 heavy (non-hydrogen) atoms. The van der Waals surface area contributed by atoms with E-state index in [2.05, 4.69) is 15.9 Å². The molecule has 0 spiro atoms. The van der Waals surface area contributed by atoms with Gasteiger partial charge in [-0.3, -0.25) is 4.79 Å². The number of nitriles is 1. The van der Waals surface area contributed by atoms with Crippen molar-refractivity contribution in [2.24, 2.45) is 0 Å². The Morgan fingerprint density at radius 3 is 2.40 bits per heavy atom. The monoisotopic (exact) mass is 431 g/mol. The summed E-state index contributed by atoms with van der Waals surface area (Å²) in [7, 11) is 0. The fourth-order valence-corrected chi connectivity index (χ4v) is 3.56. The predicted octanol–water partition coefficient (Wildman–Crippen LogP) is 6.17. The second-order valence-electron chi connectivity index (χ2n) is 5.21. The van der Waals surface area contributed by atoms with Gasteiger partial charge in [0, 0.05) is 25.5 Å². The third-order valence-corrected chi connectivity index (χ3v) is 5.26. The number of rotatable bonds is 3. The molecule has 0 fully saturated rings. The highest BCUT2D eigenvalue weighted by atomic mass is 79.9. The molecule has 0 unspecified atom stereocenters. The lowest BCUT2D eigenvalue weighted by Crippen LogP contribution is -2.04. The minimum absolute atomic E-state index is 0.0150. The van der Waals surface area contributed by atoms with Gasteiger partial charge in [-0.2, -0.15) is 5.26 Å². The fourth-order valence-electron chi connectivity index (χ4n) is 2.27. The number of halogens is 2. The molecule has 6 heteroatoms. The molecule has 0 aromatic heterocycles. The van der Waals surface area contributed by atoms with Crippen LogP contribution in [0.4, 0.5) is 0 Å². The number of hydrogen-bond acceptors (Lipinski definition) is 4. The van der Waals surface area contributed by atoms with Crippen LogP contribution in [0.25, 0.3) is 5.76 Å². The average Bonchev–Trinajstić information content (AvgIpc) is 2.98. The molecule has 0 bridgehead atoms. The summed E-state index contributed by atoms with van der Waals surface area (Å²) in [6.07, 6.45) is 0. The first-order valence-corrected chi connectivity index (χ1v) is 9.25. The first kappa shape index (κ1) is 17.8. The van der Waals surface area contributed by atoms with Crippen molar-refractivity contribution in [1.82, 2.24) is 0 Å². The van der Waals surface area contributed by atoms with Crippen molar-refractivity contribution in [1.29, 1.82) is 5.26 Å². The number of ether oxygens (including phenoxy) is 1. The molecule has 2 aromatic carbocycles. The van der Waals surface area contributed by atoms with Crippen LogP contribution >= 0.6 is 39.3 Å². The number of nitrogens with zero attached hydrogens (tertiary/aromatic N) is 1. The van der Waals surface area contributed by atoms with Crippen LogP contribution in [0.3, 0.4) is 0 Å². The van der Waals surface area contributed by atoms with E-state index < -0.39 is 0 Å². The summed E-state index contributed by atoms with van der Waals surface area (Å²) >= 11 is 10.5. The van der Waals surface area contributed by atoms with Crippen LogP contribution in [0.15, 0.2) is 68.6 Å². The summed E-state index contributed by atoms with van der Waals surface area (Å²) in [4.78, 5) is 13.5. The maximum atomic E-state index is 12.6. The van der Waals surface area contributed by atoms with Crippen LogP contribution in [-0.2, 0) is 4.74 Å². The van der Waals surface area contributed by atoms with Gasteiger partial charge in [0.15, 0.2) is 5.09 Å². The lowest BCUT2D eigenvalue weighted by Gasteiger charge is -2.06. The molecule has 124 valence electrons. The van der Waals surface area contributed by atoms with Crippen molar-refractivity contribution < 1.29 is 9.53 Å². The second-order valence-corrected chi connectivity index (χ2v) is 7.75. The van der Waals surface area contributed by atoms with Gasteiger partial charge >= 0.3 is 0 Å². The van der Waals surface area contributed by atoms with E-state index in [1.54, 1.807) is 24.3 Å². The zero-order valence-electron chi connectivity index (χ0n) is 13.0. The molecule has 3 rings (SSSR count). The van der Waals surface area contributed by atoms with Crippen LogP contribution < -0.4 is 0 Å². The molecule has 0 atom stereocenters. The van der Waals surface area contributed by atoms with Gasteiger partial charge in [-0.05, 0) is 43.3 Å². The number of carbonyl (C=O) groups is 1. The molecule has 1 aliphatic rings. The van der Waals surface area contributed by atoms with Crippen molar-refractivity contribution in [2.45, 2.75) is 6.92 Å². The number of carbonyl (C=O) groups excluding carboxylic acids is 1. The first-order valence-electron chi connectivity index (χ1n) is 7.26. The van der Waals surface area contributed by atoms with Gasteiger partial charge in [-0.1, -0.05) is 51.4 Å². The van der Waals surface area contributed by atoms with Crippen LogP contribution in [-0.4, -0.2) is 5.78 Å². The molecule has 0 saturated carbocycles. The van der Waals surface area contributed by atoms with Crippen molar-refractivity contribution in [2.75, 3.05) is 0 Å². The Labute approximate surface area is 163 Å². The molecule has 1 heterocycles. The molecule has 0 amide bonds. The van der Waals surface area contributed by atoms with Gasteiger partial charge < -0.3 is 4.74 Å². The minimum Gasteiger partial charge on any atom is -0.447 e. The molecular weight excluding hydrogens is 422 g/mol. The van der Waals surface area contributed by atoms with Crippen LogP contribution in [0.5, 0.6) is 0 Å². The van der Waals surface area contributed by atoms with Crippen molar-refractivity contribution >= 4 is 50.8 Å². The van der Waals surface area contributed by atoms with E-state index in [1.165, 1.54) is 11.8 Å². The summed E-state index contributed by atoms with van der Waals surface area (Å²) in [5, 5.41) is 10.3. The maximum absolute atomic E-state index is 12.6. The van der Waals surface area contributed by atoms with E-state index in [9.17, 15) is 10.1 Å². The Morgan fingerprint density at radius 1 is 1.16 bits per heavy atom. The smallest absolute Gasteiger partial charge is 0.207 e. The second kappa shape index (κ2) is 7.49. The van der Waals surface area contributed by atoms with Crippen molar-refractivity contribution in [3.05, 3.63) is 84.7 Å². The average molecular weight is 433 g/mol. The van der Waals surface area contributed by atoms with Gasteiger partial charge in [-0.15, -0.1) is 0 Å². The molecule has 0 radical (unpaired) electrons. The number of allylic oxidation sites excluding steroid dienone is 2.